The van der Waals surface area contributed by atoms with Crippen LogP contribution in [0.5, 0.6) is 0 Å². The Balaban J connectivity index is 2.17. The molecule has 1 aromatic carbocycles. The fourth-order valence-electron chi connectivity index (χ4n) is 2.18. The molecule has 0 aliphatic carbocycles. The Morgan fingerprint density at radius 2 is 2.29 bits per heavy atom. The van der Waals surface area contributed by atoms with Crippen LogP contribution in [0, 0.1) is 11.3 Å². The van der Waals surface area contributed by atoms with Gasteiger partial charge in [0.05, 0.1) is 23.5 Å². The van der Waals surface area contributed by atoms with Crippen LogP contribution in [0.1, 0.15) is 12.5 Å². The molecule has 0 saturated heterocycles. The number of hydrogen-bond acceptors (Lipinski definition) is 5. The van der Waals surface area contributed by atoms with Crippen molar-refractivity contribution in [3.8, 4) is 6.07 Å². The van der Waals surface area contributed by atoms with Gasteiger partial charge in [-0.05, 0) is 36.7 Å². The van der Waals surface area contributed by atoms with Crippen LogP contribution >= 0.6 is 11.6 Å². The van der Waals surface area contributed by atoms with Gasteiger partial charge < -0.3 is 5.32 Å². The van der Waals surface area contributed by atoms with Gasteiger partial charge in [0.1, 0.15) is 11.7 Å². The second kappa shape index (κ2) is 5.04. The third kappa shape index (κ3) is 2.28. The average molecular weight is 300 g/mol. The zero-order valence-corrected chi connectivity index (χ0v) is 11.8. The second-order valence-electron chi connectivity index (χ2n) is 4.57. The van der Waals surface area contributed by atoms with Crippen molar-refractivity contribution in [2.75, 3.05) is 10.2 Å². The summed E-state index contributed by atoms with van der Waals surface area (Å²) in [5.41, 5.74) is 1.58. The second-order valence-corrected chi connectivity index (χ2v) is 4.91. The summed E-state index contributed by atoms with van der Waals surface area (Å²) in [6.45, 7) is 1.74. The summed E-state index contributed by atoms with van der Waals surface area (Å²) in [4.78, 5) is 22.0. The number of nitrogens with zero attached hydrogens (tertiary/aromatic N) is 4. The molecule has 0 spiro atoms. The number of rotatable bonds is 1. The maximum Gasteiger partial charge on any atom is 0.253 e. The Hall–Kier alpha value is -2.65. The van der Waals surface area contributed by atoms with Crippen molar-refractivity contribution in [1.82, 2.24) is 9.97 Å². The topological polar surface area (TPSA) is 81.9 Å². The summed E-state index contributed by atoms with van der Waals surface area (Å²) in [7, 11) is 0. The van der Waals surface area contributed by atoms with Gasteiger partial charge in [-0.3, -0.25) is 9.69 Å². The van der Waals surface area contributed by atoms with Crippen molar-refractivity contribution in [3.63, 3.8) is 0 Å². The molecular formula is C14H10ClN5O. The molecule has 2 aromatic rings. The summed E-state index contributed by atoms with van der Waals surface area (Å²) >= 11 is 5.79. The van der Waals surface area contributed by atoms with Crippen LogP contribution in [-0.2, 0) is 4.79 Å². The van der Waals surface area contributed by atoms with E-state index in [-0.39, 0.29) is 11.2 Å². The number of anilines is 3. The normalized spacial score (nSPS) is 16.9. The predicted molar refractivity (Wildman–Crippen MR) is 78.4 cm³/mol. The van der Waals surface area contributed by atoms with Crippen LogP contribution in [0.15, 0.2) is 30.5 Å². The number of nitriles is 1. The Morgan fingerprint density at radius 3 is 3.05 bits per heavy atom. The minimum Gasteiger partial charge on any atom is -0.357 e. The molecule has 0 fully saturated rings. The highest BCUT2D eigenvalue weighted by Crippen LogP contribution is 2.35. The van der Waals surface area contributed by atoms with E-state index in [0.29, 0.717) is 22.8 Å². The van der Waals surface area contributed by atoms with Crippen molar-refractivity contribution in [2.24, 2.45) is 0 Å². The summed E-state index contributed by atoms with van der Waals surface area (Å²) in [5.74, 6) is 0.341. The number of carbonyl (C=O) groups is 1. The van der Waals surface area contributed by atoms with Gasteiger partial charge in [-0.15, -0.1) is 0 Å². The van der Waals surface area contributed by atoms with E-state index in [4.69, 9.17) is 16.9 Å². The molecule has 0 saturated carbocycles. The van der Waals surface area contributed by atoms with Crippen LogP contribution in [-0.4, -0.2) is 21.9 Å². The molecule has 1 aromatic heterocycles. The van der Waals surface area contributed by atoms with Gasteiger partial charge in [-0.1, -0.05) is 6.07 Å². The number of benzene rings is 1. The molecule has 1 aliphatic heterocycles. The quantitative estimate of drug-likeness (QED) is 0.818. The number of amides is 1. The highest BCUT2D eigenvalue weighted by Gasteiger charge is 2.32. The zero-order valence-electron chi connectivity index (χ0n) is 11.0. The minimum atomic E-state index is -0.450. The molecule has 6 nitrogen and oxygen atoms in total. The lowest BCUT2D eigenvalue weighted by molar-refractivity contribution is -0.118. The van der Waals surface area contributed by atoms with Crippen LogP contribution < -0.4 is 10.2 Å². The van der Waals surface area contributed by atoms with E-state index in [2.05, 4.69) is 21.4 Å². The third-order valence-corrected chi connectivity index (χ3v) is 3.34. The first kappa shape index (κ1) is 13.3. The first-order valence-electron chi connectivity index (χ1n) is 6.23. The molecule has 3 rings (SSSR count). The molecule has 1 N–H and O–H groups in total. The molecule has 1 amide bonds. The number of aromatic nitrogens is 2. The minimum absolute atomic E-state index is 0.105. The Morgan fingerprint density at radius 1 is 1.48 bits per heavy atom. The van der Waals surface area contributed by atoms with Gasteiger partial charge in [-0.25, -0.2) is 4.98 Å². The molecule has 2 heterocycles. The van der Waals surface area contributed by atoms with Crippen molar-refractivity contribution in [2.45, 2.75) is 13.0 Å². The largest absolute Gasteiger partial charge is 0.357 e. The Bertz CT molecular complexity index is 770. The number of halogens is 1. The number of hydrogen-bond donors (Lipinski definition) is 1. The van der Waals surface area contributed by atoms with E-state index in [1.807, 2.05) is 0 Å². The molecule has 0 bridgehead atoms. The van der Waals surface area contributed by atoms with E-state index < -0.39 is 6.04 Å². The fourth-order valence-corrected chi connectivity index (χ4v) is 2.32. The van der Waals surface area contributed by atoms with Crippen LogP contribution in [0.4, 0.5) is 17.2 Å². The Kier molecular flexibility index (Phi) is 3.20. The fraction of sp³-hybridized carbons (Fsp3) is 0.143. The van der Waals surface area contributed by atoms with E-state index >= 15 is 0 Å². The van der Waals surface area contributed by atoms with Crippen LogP contribution in [0.25, 0.3) is 0 Å². The molecule has 1 atom stereocenters. The lowest BCUT2D eigenvalue weighted by Crippen LogP contribution is -2.43. The Labute approximate surface area is 126 Å². The SMILES string of the molecule is CC1Nc2nc(Cl)ncc2N(c2cccc(C#N)c2)C1=O. The van der Waals surface area contributed by atoms with E-state index in [0.717, 1.165) is 0 Å². The van der Waals surface area contributed by atoms with Gasteiger partial charge in [0, 0.05) is 0 Å². The maximum absolute atomic E-state index is 12.5. The van der Waals surface area contributed by atoms with Crippen molar-refractivity contribution in [3.05, 3.63) is 41.3 Å². The number of carbonyl (C=O) groups excluding carboxylic acids is 1. The first-order valence-corrected chi connectivity index (χ1v) is 6.61. The molecular weight excluding hydrogens is 290 g/mol. The van der Waals surface area contributed by atoms with Crippen molar-refractivity contribution >= 4 is 34.7 Å². The summed E-state index contributed by atoms with van der Waals surface area (Å²) in [6, 6.07) is 8.42. The zero-order chi connectivity index (χ0) is 15.0. The summed E-state index contributed by atoms with van der Waals surface area (Å²) < 4.78 is 0. The number of nitrogens with one attached hydrogen (secondary N) is 1. The van der Waals surface area contributed by atoms with E-state index in [1.54, 1.807) is 31.2 Å². The average Bonchev–Trinajstić information content (AvgIpc) is 2.49. The van der Waals surface area contributed by atoms with Gasteiger partial charge in [-0.2, -0.15) is 10.2 Å². The molecule has 21 heavy (non-hydrogen) atoms. The smallest absolute Gasteiger partial charge is 0.253 e. The molecule has 0 radical (unpaired) electrons. The molecule has 104 valence electrons. The standard InChI is InChI=1S/C14H10ClN5O/c1-8-13(21)20(10-4-2-3-9(5-10)6-16)11-7-17-14(15)19-12(11)18-8/h2-5,7-8H,1H3,(H,17,18,19). The van der Waals surface area contributed by atoms with Crippen LogP contribution in [0.3, 0.4) is 0 Å². The van der Waals surface area contributed by atoms with Crippen LogP contribution in [0.2, 0.25) is 5.28 Å². The van der Waals surface area contributed by atoms with Crippen molar-refractivity contribution < 1.29 is 4.79 Å². The highest BCUT2D eigenvalue weighted by molar-refractivity contribution is 6.28. The first-order chi connectivity index (χ1) is 10.1. The highest BCUT2D eigenvalue weighted by atomic mass is 35.5. The van der Waals surface area contributed by atoms with E-state index in [9.17, 15) is 4.79 Å². The lowest BCUT2D eigenvalue weighted by atomic mass is 10.1. The van der Waals surface area contributed by atoms with Gasteiger partial charge >= 0.3 is 0 Å². The van der Waals surface area contributed by atoms with Gasteiger partial charge in [0.15, 0.2) is 5.82 Å². The summed E-state index contributed by atoms with van der Waals surface area (Å²) in [5, 5.41) is 12.1. The number of fused-ring (bicyclic) bond motifs is 1. The predicted octanol–water partition coefficient (Wildman–Crippen LogP) is 2.48. The third-order valence-electron chi connectivity index (χ3n) is 3.16. The maximum atomic E-state index is 12.5. The molecule has 1 unspecified atom stereocenters. The van der Waals surface area contributed by atoms with Gasteiger partial charge in [0.25, 0.3) is 5.91 Å². The van der Waals surface area contributed by atoms with E-state index in [1.165, 1.54) is 11.1 Å². The monoisotopic (exact) mass is 299 g/mol. The molecule has 7 heteroatoms. The lowest BCUT2D eigenvalue weighted by Gasteiger charge is -2.32. The van der Waals surface area contributed by atoms with Gasteiger partial charge in [0.2, 0.25) is 5.28 Å². The summed E-state index contributed by atoms with van der Waals surface area (Å²) in [6.07, 6.45) is 1.49. The molecule has 1 aliphatic rings. The van der Waals surface area contributed by atoms with Crippen molar-refractivity contribution in [1.29, 1.82) is 5.26 Å².